The lowest BCUT2D eigenvalue weighted by Gasteiger charge is -1.89. The van der Waals surface area contributed by atoms with Crippen LogP contribution >= 0.6 is 0 Å². The van der Waals surface area contributed by atoms with Gasteiger partial charge in [-0.25, -0.2) is 9.97 Å². The molecule has 0 atom stereocenters. The molecular weight excluding hydrogens is 118 g/mol. The maximum atomic E-state index is 9.66. The second-order valence-corrected chi connectivity index (χ2v) is 1.30. The van der Waals surface area contributed by atoms with Gasteiger partial charge >= 0.3 is 6.41 Å². The van der Waals surface area contributed by atoms with Gasteiger partial charge in [-0.05, 0) is 6.07 Å². The number of anilines is 1. The van der Waals surface area contributed by atoms with Gasteiger partial charge in [-0.1, -0.05) is 0 Å². The summed E-state index contributed by atoms with van der Waals surface area (Å²) in [5, 5.41) is 2.18. The second kappa shape index (κ2) is 2.76. The Hall–Kier alpha value is -1.45. The Morgan fingerprint density at radius 2 is 2.11 bits per heavy atom. The topological polar surface area (TPSA) is 54.9 Å². The molecule has 9 heavy (non-hydrogen) atoms. The van der Waals surface area contributed by atoms with Crippen molar-refractivity contribution in [1.29, 1.82) is 0 Å². The van der Waals surface area contributed by atoms with E-state index in [-0.39, 0.29) is 5.95 Å². The van der Waals surface area contributed by atoms with E-state index >= 15 is 0 Å². The quantitative estimate of drug-likeness (QED) is 0.560. The Morgan fingerprint density at radius 1 is 1.44 bits per heavy atom. The summed E-state index contributed by atoms with van der Waals surface area (Å²) in [6.07, 6.45) is 4.53. The Morgan fingerprint density at radius 3 is 2.67 bits per heavy atom. The van der Waals surface area contributed by atoms with Crippen LogP contribution in [0.5, 0.6) is 0 Å². The Kier molecular flexibility index (Phi) is 1.74. The highest BCUT2D eigenvalue weighted by Crippen LogP contribution is 1.89. The molecule has 1 aromatic heterocycles. The number of aromatic nitrogens is 2. The molecule has 0 aromatic carbocycles. The van der Waals surface area contributed by atoms with Crippen LogP contribution < -0.4 is 5.32 Å². The molecule has 0 bridgehead atoms. The molecule has 1 amide bonds. The average molecular weight is 122 g/mol. The molecule has 45 valence electrons. The molecule has 0 fully saturated rings. The van der Waals surface area contributed by atoms with Gasteiger partial charge in [-0.2, -0.15) is 0 Å². The van der Waals surface area contributed by atoms with Gasteiger partial charge in [0.2, 0.25) is 5.95 Å². The zero-order valence-electron chi connectivity index (χ0n) is 4.53. The molecule has 0 spiro atoms. The van der Waals surface area contributed by atoms with Gasteiger partial charge < -0.3 is 0 Å². The van der Waals surface area contributed by atoms with E-state index in [1.807, 2.05) is 0 Å². The van der Waals surface area contributed by atoms with Gasteiger partial charge in [-0.3, -0.25) is 10.1 Å². The smallest absolute Gasteiger partial charge is 0.286 e. The van der Waals surface area contributed by atoms with Crippen LogP contribution in [-0.2, 0) is 4.79 Å². The summed E-state index contributed by atoms with van der Waals surface area (Å²) < 4.78 is 0. The molecule has 0 saturated heterocycles. The van der Waals surface area contributed by atoms with E-state index < -0.39 is 0 Å². The number of hydrogen-bond donors (Lipinski definition) is 1. The fraction of sp³-hybridized carbons (Fsp3) is 0. The van der Waals surface area contributed by atoms with Crippen molar-refractivity contribution < 1.29 is 4.79 Å². The van der Waals surface area contributed by atoms with Crippen molar-refractivity contribution in [2.45, 2.75) is 0 Å². The zero-order valence-corrected chi connectivity index (χ0v) is 4.53. The summed E-state index contributed by atoms with van der Waals surface area (Å²) in [5.41, 5.74) is 0. The molecule has 1 N–H and O–H groups in total. The maximum absolute atomic E-state index is 9.66. The van der Waals surface area contributed by atoms with Crippen LogP contribution in [0.15, 0.2) is 18.5 Å². The number of nitrogens with one attached hydrogen (secondary N) is 1. The third kappa shape index (κ3) is 1.49. The molecule has 1 rings (SSSR count). The first-order valence-electron chi connectivity index (χ1n) is 2.33. The minimum atomic E-state index is 0.271. The number of rotatable bonds is 2. The van der Waals surface area contributed by atoms with Crippen LogP contribution in [0.4, 0.5) is 5.95 Å². The van der Waals surface area contributed by atoms with Crippen molar-refractivity contribution in [2.75, 3.05) is 5.32 Å². The standard InChI is InChI=1S/C5H4N3O/c9-4-8-5-6-2-1-3-7-5/h1-3H,(H,6,7,8,9). The summed E-state index contributed by atoms with van der Waals surface area (Å²) in [6, 6.07) is 1.66. The lowest BCUT2D eigenvalue weighted by atomic mass is 10.7. The summed E-state index contributed by atoms with van der Waals surface area (Å²) in [6.45, 7) is 0. The number of nitrogens with zero attached hydrogens (tertiary/aromatic N) is 2. The first-order chi connectivity index (χ1) is 4.43. The van der Waals surface area contributed by atoms with Gasteiger partial charge in [0, 0.05) is 12.4 Å². The summed E-state index contributed by atoms with van der Waals surface area (Å²) in [4.78, 5) is 17.0. The van der Waals surface area contributed by atoms with Gasteiger partial charge in [0.1, 0.15) is 0 Å². The first-order valence-corrected chi connectivity index (χ1v) is 2.33. The third-order valence-electron chi connectivity index (χ3n) is 0.729. The van der Waals surface area contributed by atoms with Crippen molar-refractivity contribution >= 4 is 12.4 Å². The molecule has 0 aliphatic carbocycles. The molecule has 0 aliphatic rings. The lowest BCUT2D eigenvalue weighted by molar-refractivity contribution is 0.560. The Labute approximate surface area is 51.9 Å². The third-order valence-corrected chi connectivity index (χ3v) is 0.729. The fourth-order valence-electron chi connectivity index (χ4n) is 0.409. The minimum absolute atomic E-state index is 0.271. The Bertz CT molecular complexity index is 187. The van der Waals surface area contributed by atoms with Crippen molar-refractivity contribution in [3.8, 4) is 0 Å². The van der Waals surface area contributed by atoms with E-state index in [4.69, 9.17) is 0 Å². The molecule has 1 radical (unpaired) electrons. The SMILES string of the molecule is O=[C]Nc1ncccn1. The maximum Gasteiger partial charge on any atom is 0.316 e. The van der Waals surface area contributed by atoms with Gasteiger partial charge in [0.15, 0.2) is 0 Å². The summed E-state index contributed by atoms with van der Waals surface area (Å²) in [7, 11) is 0. The van der Waals surface area contributed by atoms with E-state index in [0.717, 1.165) is 0 Å². The molecule has 1 aromatic rings. The van der Waals surface area contributed by atoms with Gasteiger partial charge in [0.25, 0.3) is 0 Å². The minimum Gasteiger partial charge on any atom is -0.286 e. The van der Waals surface area contributed by atoms with E-state index in [2.05, 4.69) is 15.3 Å². The Balaban J connectivity index is 2.72. The van der Waals surface area contributed by atoms with Gasteiger partial charge in [-0.15, -0.1) is 0 Å². The number of hydrogen-bond acceptors (Lipinski definition) is 3. The van der Waals surface area contributed by atoms with Crippen molar-refractivity contribution in [1.82, 2.24) is 9.97 Å². The number of carbonyl (C=O) groups excluding carboxylic acids is 1. The van der Waals surface area contributed by atoms with Crippen LogP contribution in [0.25, 0.3) is 0 Å². The highest BCUT2D eigenvalue weighted by Gasteiger charge is 1.86. The van der Waals surface area contributed by atoms with E-state index in [1.165, 1.54) is 18.8 Å². The lowest BCUT2D eigenvalue weighted by Crippen LogP contribution is -1.97. The van der Waals surface area contributed by atoms with Crippen LogP contribution in [0.1, 0.15) is 0 Å². The zero-order chi connectivity index (χ0) is 6.53. The van der Waals surface area contributed by atoms with Gasteiger partial charge in [0.05, 0.1) is 0 Å². The largest absolute Gasteiger partial charge is 0.316 e. The highest BCUT2D eigenvalue weighted by molar-refractivity contribution is 5.66. The predicted molar refractivity (Wildman–Crippen MR) is 31.3 cm³/mol. The highest BCUT2D eigenvalue weighted by atomic mass is 16.1. The summed E-state index contributed by atoms with van der Waals surface area (Å²) >= 11 is 0. The van der Waals surface area contributed by atoms with Crippen LogP contribution in [0, 0.1) is 0 Å². The average Bonchev–Trinajstić information content (AvgIpc) is 1.91. The van der Waals surface area contributed by atoms with Crippen molar-refractivity contribution in [3.63, 3.8) is 0 Å². The summed E-state index contributed by atoms with van der Waals surface area (Å²) in [5.74, 6) is 0.271. The molecule has 0 aliphatic heterocycles. The van der Waals surface area contributed by atoms with Crippen molar-refractivity contribution in [2.24, 2.45) is 0 Å². The normalized spacial score (nSPS) is 8.44. The molecule has 0 saturated carbocycles. The fourth-order valence-corrected chi connectivity index (χ4v) is 0.409. The van der Waals surface area contributed by atoms with Crippen LogP contribution in [0.3, 0.4) is 0 Å². The number of amides is 1. The van der Waals surface area contributed by atoms with E-state index in [9.17, 15) is 4.79 Å². The molecule has 0 unspecified atom stereocenters. The second-order valence-electron chi connectivity index (χ2n) is 1.30. The monoisotopic (exact) mass is 122 g/mol. The predicted octanol–water partition coefficient (Wildman–Crippen LogP) is -0.0443. The van der Waals surface area contributed by atoms with E-state index in [0.29, 0.717) is 0 Å². The van der Waals surface area contributed by atoms with Crippen LogP contribution in [0.2, 0.25) is 0 Å². The molecule has 4 nitrogen and oxygen atoms in total. The molecule has 1 heterocycles. The molecular formula is C5H4N3O. The molecule has 4 heteroatoms. The van der Waals surface area contributed by atoms with Crippen molar-refractivity contribution in [3.05, 3.63) is 18.5 Å². The van der Waals surface area contributed by atoms with Crippen LogP contribution in [-0.4, -0.2) is 16.4 Å². The van der Waals surface area contributed by atoms with E-state index in [1.54, 1.807) is 6.07 Å². The first kappa shape index (κ1) is 5.68.